The third-order valence-corrected chi connectivity index (χ3v) is 4.55. The van der Waals surface area contributed by atoms with Crippen molar-refractivity contribution in [3.8, 4) is 0 Å². The van der Waals surface area contributed by atoms with E-state index >= 15 is 0 Å². The number of alkyl halides is 2. The number of hydrogen-bond donors (Lipinski definition) is 2. The maximum absolute atomic E-state index is 10.1. The molecule has 2 N–H and O–H groups in total. The van der Waals surface area contributed by atoms with Crippen LogP contribution in [0.5, 0.6) is 0 Å². The van der Waals surface area contributed by atoms with Gasteiger partial charge in [0.2, 0.25) is 0 Å². The fraction of sp³-hybridized carbons (Fsp3) is 0.368. The van der Waals surface area contributed by atoms with Crippen molar-refractivity contribution in [3.05, 3.63) is 71.8 Å². The fourth-order valence-electron chi connectivity index (χ4n) is 2.81. The lowest BCUT2D eigenvalue weighted by atomic mass is 9.96. The van der Waals surface area contributed by atoms with Crippen LogP contribution in [0.2, 0.25) is 0 Å². The normalized spacial score (nSPS) is 14.1. The van der Waals surface area contributed by atoms with Gasteiger partial charge in [0.25, 0.3) is 0 Å². The van der Waals surface area contributed by atoms with Crippen molar-refractivity contribution in [1.29, 1.82) is 0 Å². The maximum Gasteiger partial charge on any atom is 0.0802 e. The highest BCUT2D eigenvalue weighted by Gasteiger charge is 2.26. The average Bonchev–Trinajstić information content (AvgIpc) is 2.63. The topological polar surface area (TPSA) is 43.7 Å². The molecule has 0 aliphatic heterocycles. The fourth-order valence-corrected chi connectivity index (χ4v) is 3.00. The SMILES string of the molecule is OC(CCl)CN(CC(O)CCl)C(c1ccccc1)c1ccccc1. The molecule has 0 fully saturated rings. The highest BCUT2D eigenvalue weighted by atomic mass is 35.5. The zero-order chi connectivity index (χ0) is 17.4. The van der Waals surface area contributed by atoms with Gasteiger partial charge in [-0.2, -0.15) is 0 Å². The molecule has 0 saturated carbocycles. The van der Waals surface area contributed by atoms with Crippen LogP contribution < -0.4 is 0 Å². The smallest absolute Gasteiger partial charge is 0.0802 e. The van der Waals surface area contributed by atoms with Gasteiger partial charge in [0.15, 0.2) is 0 Å². The van der Waals surface area contributed by atoms with E-state index in [0.717, 1.165) is 11.1 Å². The summed E-state index contributed by atoms with van der Waals surface area (Å²) >= 11 is 11.6. The summed E-state index contributed by atoms with van der Waals surface area (Å²) in [7, 11) is 0. The quantitative estimate of drug-likeness (QED) is 0.668. The van der Waals surface area contributed by atoms with E-state index in [9.17, 15) is 10.2 Å². The van der Waals surface area contributed by atoms with Crippen LogP contribution in [0.15, 0.2) is 60.7 Å². The minimum Gasteiger partial charge on any atom is -0.391 e. The number of hydrogen-bond acceptors (Lipinski definition) is 3. The molecule has 2 unspecified atom stereocenters. The van der Waals surface area contributed by atoms with Crippen LogP contribution in [0.4, 0.5) is 0 Å². The van der Waals surface area contributed by atoms with Crippen molar-refractivity contribution in [2.45, 2.75) is 18.2 Å². The molecule has 24 heavy (non-hydrogen) atoms. The lowest BCUT2D eigenvalue weighted by Crippen LogP contribution is -2.42. The van der Waals surface area contributed by atoms with E-state index in [1.54, 1.807) is 0 Å². The minimum atomic E-state index is -0.677. The molecule has 0 radical (unpaired) electrons. The minimum absolute atomic E-state index is 0.0943. The van der Waals surface area contributed by atoms with E-state index in [1.807, 2.05) is 65.6 Å². The molecule has 0 spiro atoms. The van der Waals surface area contributed by atoms with Crippen LogP contribution in [-0.4, -0.2) is 52.2 Å². The van der Waals surface area contributed by atoms with Crippen molar-refractivity contribution in [2.75, 3.05) is 24.8 Å². The monoisotopic (exact) mass is 367 g/mol. The molecule has 0 amide bonds. The summed E-state index contributed by atoms with van der Waals surface area (Å²) in [6.45, 7) is 0.706. The largest absolute Gasteiger partial charge is 0.391 e. The van der Waals surface area contributed by atoms with Crippen LogP contribution in [-0.2, 0) is 0 Å². The molecule has 2 atom stereocenters. The van der Waals surface area contributed by atoms with Crippen molar-refractivity contribution in [2.24, 2.45) is 0 Å². The Kier molecular flexibility index (Phi) is 8.03. The molecular formula is C19H23Cl2NO2. The van der Waals surface area contributed by atoms with Gasteiger partial charge in [-0.3, -0.25) is 4.90 Å². The van der Waals surface area contributed by atoms with E-state index in [4.69, 9.17) is 23.2 Å². The van der Waals surface area contributed by atoms with E-state index in [2.05, 4.69) is 0 Å². The van der Waals surface area contributed by atoms with Gasteiger partial charge in [-0.25, -0.2) is 0 Å². The third-order valence-electron chi connectivity index (χ3n) is 3.84. The van der Waals surface area contributed by atoms with E-state index < -0.39 is 12.2 Å². The summed E-state index contributed by atoms with van der Waals surface area (Å²) in [6.07, 6.45) is -1.35. The molecule has 0 saturated heterocycles. The van der Waals surface area contributed by atoms with E-state index in [-0.39, 0.29) is 17.8 Å². The van der Waals surface area contributed by atoms with Gasteiger partial charge in [-0.15, -0.1) is 23.2 Å². The number of nitrogens with zero attached hydrogens (tertiary/aromatic N) is 1. The van der Waals surface area contributed by atoms with Crippen molar-refractivity contribution in [1.82, 2.24) is 4.90 Å². The molecule has 0 bridgehead atoms. The summed E-state index contributed by atoms with van der Waals surface area (Å²) in [5.41, 5.74) is 2.18. The van der Waals surface area contributed by atoms with Gasteiger partial charge in [0, 0.05) is 24.8 Å². The van der Waals surface area contributed by atoms with Gasteiger partial charge in [-0.05, 0) is 11.1 Å². The Morgan fingerprint density at radius 2 is 1.08 bits per heavy atom. The first kappa shape index (κ1) is 19.2. The van der Waals surface area contributed by atoms with E-state index in [1.165, 1.54) is 0 Å². The molecule has 2 rings (SSSR count). The standard InChI is InChI=1S/C19H23Cl2NO2/c20-11-17(23)13-22(14-18(24)12-21)19(15-7-3-1-4-8-15)16-9-5-2-6-10-16/h1-10,17-19,23-24H,11-14H2. The first-order valence-corrected chi connectivity index (χ1v) is 9.04. The molecule has 2 aromatic rings. The van der Waals surface area contributed by atoms with Crippen molar-refractivity contribution < 1.29 is 10.2 Å². The highest BCUT2D eigenvalue weighted by Crippen LogP contribution is 2.29. The summed E-state index contributed by atoms with van der Waals surface area (Å²) in [5, 5.41) is 20.1. The molecule has 0 aromatic heterocycles. The number of aliphatic hydroxyl groups excluding tert-OH is 2. The predicted molar refractivity (Wildman–Crippen MR) is 99.8 cm³/mol. The molecular weight excluding hydrogens is 345 g/mol. The lowest BCUT2D eigenvalue weighted by molar-refractivity contribution is 0.0688. The number of halogens is 2. The van der Waals surface area contributed by atoms with Gasteiger partial charge < -0.3 is 10.2 Å². The van der Waals surface area contributed by atoms with Crippen LogP contribution in [0, 0.1) is 0 Å². The first-order valence-electron chi connectivity index (χ1n) is 7.97. The van der Waals surface area contributed by atoms with Crippen LogP contribution in [0.25, 0.3) is 0 Å². The number of aliphatic hydroxyl groups is 2. The van der Waals surface area contributed by atoms with Gasteiger partial charge >= 0.3 is 0 Å². The Balaban J connectivity index is 2.39. The molecule has 0 heterocycles. The third kappa shape index (κ3) is 5.47. The average molecular weight is 368 g/mol. The van der Waals surface area contributed by atoms with Gasteiger partial charge in [0.1, 0.15) is 0 Å². The molecule has 3 nitrogen and oxygen atoms in total. The summed E-state index contributed by atoms with van der Waals surface area (Å²) < 4.78 is 0. The Morgan fingerprint density at radius 3 is 1.42 bits per heavy atom. The van der Waals surface area contributed by atoms with Gasteiger partial charge in [0.05, 0.1) is 18.2 Å². The predicted octanol–water partition coefficient (Wildman–Crippen LogP) is 3.28. The first-order chi connectivity index (χ1) is 11.7. The second kappa shape index (κ2) is 10.0. The van der Waals surface area contributed by atoms with Crippen molar-refractivity contribution in [3.63, 3.8) is 0 Å². The number of benzene rings is 2. The summed E-state index contributed by atoms with van der Waals surface area (Å²) in [6, 6.07) is 20.0. The van der Waals surface area contributed by atoms with Crippen molar-refractivity contribution >= 4 is 23.2 Å². The Morgan fingerprint density at radius 1 is 0.708 bits per heavy atom. The van der Waals surface area contributed by atoms with Gasteiger partial charge in [-0.1, -0.05) is 60.7 Å². The lowest BCUT2D eigenvalue weighted by Gasteiger charge is -2.35. The van der Waals surface area contributed by atoms with E-state index in [0.29, 0.717) is 13.1 Å². The Hall–Kier alpha value is -1.10. The Bertz CT molecular complexity index is 531. The van der Waals surface area contributed by atoms with Crippen LogP contribution in [0.1, 0.15) is 17.2 Å². The number of rotatable bonds is 9. The zero-order valence-electron chi connectivity index (χ0n) is 13.4. The zero-order valence-corrected chi connectivity index (χ0v) is 14.9. The van der Waals surface area contributed by atoms with Crippen LogP contribution >= 0.6 is 23.2 Å². The summed E-state index contributed by atoms with van der Waals surface area (Å²) in [5.74, 6) is 0.285. The Labute approximate surface area is 153 Å². The summed E-state index contributed by atoms with van der Waals surface area (Å²) in [4.78, 5) is 2.03. The highest BCUT2D eigenvalue weighted by molar-refractivity contribution is 6.18. The maximum atomic E-state index is 10.1. The van der Waals surface area contributed by atoms with Crippen LogP contribution in [0.3, 0.4) is 0 Å². The second-order valence-corrected chi connectivity index (χ2v) is 6.41. The molecule has 2 aromatic carbocycles. The molecule has 5 heteroatoms. The molecule has 130 valence electrons. The molecule has 0 aliphatic rings. The second-order valence-electron chi connectivity index (χ2n) is 5.79. The molecule has 0 aliphatic carbocycles.